The van der Waals surface area contributed by atoms with Crippen molar-refractivity contribution >= 4 is 11.8 Å². The van der Waals surface area contributed by atoms with Crippen molar-refractivity contribution in [3.05, 3.63) is 48.2 Å². The lowest BCUT2D eigenvalue weighted by Gasteiger charge is -2.11. The molecule has 88 valence electrons. The average molecular weight is 250 g/mol. The molecule has 1 atom stereocenters. The van der Waals surface area contributed by atoms with E-state index in [1.807, 2.05) is 0 Å². The first-order valence-corrected chi connectivity index (χ1v) is 5.90. The number of nitrogens with zero attached hydrogens (tertiary/aromatic N) is 2. The molecule has 5 heteroatoms. The summed E-state index contributed by atoms with van der Waals surface area (Å²) in [5.74, 6) is -0.408. The molecule has 0 spiro atoms. The number of rotatable bonds is 3. The Bertz CT molecular complexity index is 505. The van der Waals surface area contributed by atoms with Crippen molar-refractivity contribution in [2.24, 2.45) is 0 Å². The zero-order valence-corrected chi connectivity index (χ0v) is 9.99. The number of hydrogen-bond donors (Lipinski definition) is 1. The average Bonchev–Trinajstić information content (AvgIpc) is 2.30. The number of hydrogen-bond acceptors (Lipinski definition) is 4. The van der Waals surface area contributed by atoms with Gasteiger partial charge >= 0.3 is 0 Å². The summed E-state index contributed by atoms with van der Waals surface area (Å²) < 4.78 is 13.6. The largest absolute Gasteiger partial charge is 0.389 e. The highest BCUT2D eigenvalue weighted by atomic mass is 32.2. The SMILES string of the molecule is C[C@@H](O)c1c(F)cccc1Sc1cnccn1. The Morgan fingerprint density at radius 2 is 2.18 bits per heavy atom. The van der Waals surface area contributed by atoms with E-state index in [0.29, 0.717) is 15.5 Å². The topological polar surface area (TPSA) is 46.0 Å². The van der Waals surface area contributed by atoms with Crippen LogP contribution < -0.4 is 0 Å². The van der Waals surface area contributed by atoms with Crippen LogP contribution in [0, 0.1) is 5.82 Å². The molecule has 0 radical (unpaired) electrons. The van der Waals surface area contributed by atoms with Gasteiger partial charge in [-0.2, -0.15) is 0 Å². The second-order valence-electron chi connectivity index (χ2n) is 3.47. The molecule has 0 aliphatic heterocycles. The summed E-state index contributed by atoms with van der Waals surface area (Å²) in [6, 6.07) is 4.70. The Balaban J connectivity index is 2.36. The van der Waals surface area contributed by atoms with Crippen molar-refractivity contribution in [3.63, 3.8) is 0 Å². The van der Waals surface area contributed by atoms with Gasteiger partial charge in [0.15, 0.2) is 0 Å². The minimum Gasteiger partial charge on any atom is -0.389 e. The van der Waals surface area contributed by atoms with Gasteiger partial charge in [0.1, 0.15) is 10.8 Å². The third-order valence-electron chi connectivity index (χ3n) is 2.18. The Morgan fingerprint density at radius 1 is 1.35 bits per heavy atom. The van der Waals surface area contributed by atoms with Crippen LogP contribution in [0.2, 0.25) is 0 Å². The van der Waals surface area contributed by atoms with E-state index >= 15 is 0 Å². The van der Waals surface area contributed by atoms with Crippen LogP contribution in [0.15, 0.2) is 46.7 Å². The molecule has 0 saturated carbocycles. The van der Waals surface area contributed by atoms with Crippen molar-refractivity contribution in [1.82, 2.24) is 9.97 Å². The maximum atomic E-state index is 13.6. The van der Waals surface area contributed by atoms with E-state index in [1.165, 1.54) is 17.8 Å². The quantitative estimate of drug-likeness (QED) is 0.909. The van der Waals surface area contributed by atoms with Crippen LogP contribution in [-0.2, 0) is 0 Å². The van der Waals surface area contributed by atoms with E-state index in [2.05, 4.69) is 9.97 Å². The molecule has 1 aromatic carbocycles. The molecule has 3 nitrogen and oxygen atoms in total. The fourth-order valence-electron chi connectivity index (χ4n) is 1.46. The molecule has 1 heterocycles. The van der Waals surface area contributed by atoms with E-state index < -0.39 is 11.9 Å². The molecular weight excluding hydrogens is 239 g/mol. The van der Waals surface area contributed by atoms with Crippen LogP contribution in [0.4, 0.5) is 4.39 Å². The molecule has 0 saturated heterocycles. The molecule has 2 aromatic rings. The Hall–Kier alpha value is -1.46. The maximum Gasteiger partial charge on any atom is 0.130 e. The summed E-state index contributed by atoms with van der Waals surface area (Å²) in [6.07, 6.45) is 3.89. The fraction of sp³-hybridized carbons (Fsp3) is 0.167. The van der Waals surface area contributed by atoms with Crippen LogP contribution in [0.1, 0.15) is 18.6 Å². The Morgan fingerprint density at radius 3 is 2.82 bits per heavy atom. The lowest BCUT2D eigenvalue weighted by atomic mass is 10.1. The van der Waals surface area contributed by atoms with Gasteiger partial charge in [0, 0.05) is 22.9 Å². The molecule has 0 fully saturated rings. The first-order chi connectivity index (χ1) is 8.18. The summed E-state index contributed by atoms with van der Waals surface area (Å²) in [4.78, 5) is 8.69. The van der Waals surface area contributed by atoms with E-state index in [0.717, 1.165) is 0 Å². The molecule has 0 aliphatic rings. The van der Waals surface area contributed by atoms with Gasteiger partial charge in [0.05, 0.1) is 12.3 Å². The summed E-state index contributed by atoms with van der Waals surface area (Å²) >= 11 is 1.28. The third kappa shape index (κ3) is 2.81. The maximum absolute atomic E-state index is 13.6. The van der Waals surface area contributed by atoms with E-state index in [4.69, 9.17) is 0 Å². The zero-order valence-electron chi connectivity index (χ0n) is 9.17. The number of aliphatic hydroxyl groups excluding tert-OH is 1. The van der Waals surface area contributed by atoms with Crippen LogP contribution in [-0.4, -0.2) is 15.1 Å². The molecular formula is C12H11FN2OS. The van der Waals surface area contributed by atoms with Gasteiger partial charge in [-0.3, -0.25) is 4.98 Å². The minimum atomic E-state index is -0.852. The zero-order chi connectivity index (χ0) is 12.3. The van der Waals surface area contributed by atoms with Gasteiger partial charge in [0.25, 0.3) is 0 Å². The van der Waals surface area contributed by atoms with Gasteiger partial charge in [-0.15, -0.1) is 0 Å². The number of aromatic nitrogens is 2. The van der Waals surface area contributed by atoms with Crippen LogP contribution >= 0.6 is 11.8 Å². The van der Waals surface area contributed by atoms with Crippen LogP contribution in [0.5, 0.6) is 0 Å². The summed E-state index contributed by atoms with van der Waals surface area (Å²) in [5, 5.41) is 10.2. The molecule has 17 heavy (non-hydrogen) atoms. The highest BCUT2D eigenvalue weighted by Crippen LogP contribution is 2.33. The highest BCUT2D eigenvalue weighted by molar-refractivity contribution is 7.99. The van der Waals surface area contributed by atoms with Gasteiger partial charge in [0.2, 0.25) is 0 Å². The smallest absolute Gasteiger partial charge is 0.130 e. The van der Waals surface area contributed by atoms with Crippen LogP contribution in [0.3, 0.4) is 0 Å². The molecule has 0 bridgehead atoms. The normalized spacial score (nSPS) is 12.4. The van der Waals surface area contributed by atoms with Crippen molar-refractivity contribution in [2.75, 3.05) is 0 Å². The Labute approximate surface area is 103 Å². The van der Waals surface area contributed by atoms with Crippen LogP contribution in [0.25, 0.3) is 0 Å². The lowest BCUT2D eigenvalue weighted by Crippen LogP contribution is -1.98. The monoisotopic (exact) mass is 250 g/mol. The second-order valence-corrected chi connectivity index (χ2v) is 4.54. The van der Waals surface area contributed by atoms with E-state index in [-0.39, 0.29) is 0 Å². The number of aliphatic hydroxyl groups is 1. The van der Waals surface area contributed by atoms with Gasteiger partial charge in [-0.1, -0.05) is 17.8 Å². The summed E-state index contributed by atoms with van der Waals surface area (Å²) in [6.45, 7) is 1.54. The lowest BCUT2D eigenvalue weighted by molar-refractivity contribution is 0.191. The number of benzene rings is 1. The first kappa shape index (κ1) is 12.0. The third-order valence-corrected chi connectivity index (χ3v) is 3.18. The van der Waals surface area contributed by atoms with Gasteiger partial charge in [-0.05, 0) is 19.1 Å². The van der Waals surface area contributed by atoms with E-state index in [9.17, 15) is 9.50 Å². The molecule has 1 N–H and O–H groups in total. The minimum absolute atomic E-state index is 0.295. The molecule has 0 unspecified atom stereocenters. The van der Waals surface area contributed by atoms with Gasteiger partial charge < -0.3 is 5.11 Å². The second kappa shape index (κ2) is 5.25. The molecule has 0 aliphatic carbocycles. The fourth-order valence-corrected chi connectivity index (χ4v) is 2.44. The predicted molar refractivity (Wildman–Crippen MR) is 63.2 cm³/mol. The Kier molecular flexibility index (Phi) is 3.71. The van der Waals surface area contributed by atoms with E-state index in [1.54, 1.807) is 37.6 Å². The number of halogens is 1. The van der Waals surface area contributed by atoms with Crippen molar-refractivity contribution in [1.29, 1.82) is 0 Å². The molecule has 2 rings (SSSR count). The van der Waals surface area contributed by atoms with Crippen molar-refractivity contribution in [2.45, 2.75) is 22.9 Å². The highest BCUT2D eigenvalue weighted by Gasteiger charge is 2.14. The first-order valence-electron chi connectivity index (χ1n) is 5.09. The summed E-state index contributed by atoms with van der Waals surface area (Å²) in [7, 11) is 0. The van der Waals surface area contributed by atoms with Crippen molar-refractivity contribution in [3.8, 4) is 0 Å². The van der Waals surface area contributed by atoms with Gasteiger partial charge in [-0.25, -0.2) is 9.37 Å². The predicted octanol–water partition coefficient (Wildman–Crippen LogP) is 2.82. The molecule has 0 amide bonds. The molecule has 1 aromatic heterocycles. The summed E-state index contributed by atoms with van der Waals surface area (Å²) in [5.41, 5.74) is 0.295. The standard InChI is InChI=1S/C12H11FN2OS/c1-8(16)12-9(13)3-2-4-10(12)17-11-7-14-5-6-15-11/h2-8,16H,1H3/t8-/m1/s1. The van der Waals surface area contributed by atoms with Crippen molar-refractivity contribution < 1.29 is 9.50 Å².